The molecule has 0 aromatic heterocycles. The predicted molar refractivity (Wildman–Crippen MR) is 98.5 cm³/mol. The molecule has 144 valence electrons. The van der Waals surface area contributed by atoms with E-state index in [9.17, 15) is 17.6 Å². The van der Waals surface area contributed by atoms with E-state index in [1.165, 1.54) is 25.3 Å². The van der Waals surface area contributed by atoms with Crippen molar-refractivity contribution >= 4 is 15.9 Å². The summed E-state index contributed by atoms with van der Waals surface area (Å²) in [6.45, 7) is 3.56. The summed E-state index contributed by atoms with van der Waals surface area (Å²) in [5.74, 6) is -0.618. The number of hydrogen-bond donors (Lipinski definition) is 1. The molecule has 0 saturated carbocycles. The third-order valence-electron chi connectivity index (χ3n) is 4.60. The summed E-state index contributed by atoms with van der Waals surface area (Å²) in [4.78, 5) is 12.6. The highest BCUT2D eigenvalue weighted by Crippen LogP contribution is 2.34. The second kappa shape index (κ2) is 7.28. The third-order valence-corrected chi connectivity index (χ3v) is 6.77. The first kappa shape index (κ1) is 19.3. The van der Waals surface area contributed by atoms with Gasteiger partial charge in [0.2, 0.25) is 15.9 Å². The summed E-state index contributed by atoms with van der Waals surface area (Å²) in [5, 5.41) is 2.63. The molecular weight excluding hydrogens is 371 g/mol. The Morgan fingerprint density at radius 3 is 2.41 bits per heavy atom. The predicted octanol–water partition coefficient (Wildman–Crippen LogP) is 2.31. The number of piperazine rings is 1. The minimum absolute atomic E-state index is 0.0297. The van der Waals surface area contributed by atoms with Gasteiger partial charge < -0.3 is 10.1 Å². The van der Waals surface area contributed by atoms with Crippen molar-refractivity contribution < 1.29 is 22.3 Å². The van der Waals surface area contributed by atoms with E-state index in [1.807, 2.05) is 0 Å². The van der Waals surface area contributed by atoms with Gasteiger partial charge in [-0.25, -0.2) is 12.8 Å². The molecule has 1 amide bonds. The molecule has 0 radical (unpaired) electrons. The van der Waals surface area contributed by atoms with E-state index in [-0.39, 0.29) is 23.5 Å². The number of hydrogen-bond acceptors (Lipinski definition) is 4. The van der Waals surface area contributed by atoms with E-state index in [0.29, 0.717) is 16.9 Å². The van der Waals surface area contributed by atoms with E-state index in [2.05, 4.69) is 5.32 Å². The van der Waals surface area contributed by atoms with E-state index in [1.54, 1.807) is 32.0 Å². The van der Waals surface area contributed by atoms with Crippen molar-refractivity contribution in [2.45, 2.75) is 24.8 Å². The number of benzene rings is 2. The lowest BCUT2D eigenvalue weighted by Gasteiger charge is -2.35. The van der Waals surface area contributed by atoms with Crippen molar-refractivity contribution in [1.82, 2.24) is 9.62 Å². The molecule has 1 atom stereocenters. The van der Waals surface area contributed by atoms with Gasteiger partial charge in [-0.05, 0) is 43.2 Å². The Kier molecular flexibility index (Phi) is 5.21. The van der Waals surface area contributed by atoms with Crippen LogP contribution in [0.4, 0.5) is 4.39 Å². The molecule has 0 spiro atoms. The fourth-order valence-corrected chi connectivity index (χ4v) is 5.44. The van der Waals surface area contributed by atoms with E-state index in [0.717, 1.165) is 4.31 Å². The molecule has 1 saturated heterocycles. The zero-order valence-electron chi connectivity index (χ0n) is 15.3. The maximum absolute atomic E-state index is 14.4. The Morgan fingerprint density at radius 2 is 1.81 bits per heavy atom. The Labute approximate surface area is 158 Å². The highest BCUT2D eigenvalue weighted by atomic mass is 32.2. The van der Waals surface area contributed by atoms with Crippen molar-refractivity contribution in [2.24, 2.45) is 0 Å². The van der Waals surface area contributed by atoms with Crippen LogP contribution in [-0.2, 0) is 14.8 Å². The molecule has 1 unspecified atom stereocenters. The van der Waals surface area contributed by atoms with E-state index < -0.39 is 27.8 Å². The second-order valence-corrected chi connectivity index (χ2v) is 8.25. The fourth-order valence-electron chi connectivity index (χ4n) is 3.45. The molecule has 1 N–H and O–H groups in total. The number of ether oxygens (including phenoxy) is 1. The normalized spacial score (nSPS) is 18.2. The van der Waals surface area contributed by atoms with E-state index >= 15 is 0 Å². The fraction of sp³-hybridized carbons (Fsp3) is 0.316. The molecule has 2 aromatic carbocycles. The first-order chi connectivity index (χ1) is 12.8. The zero-order chi connectivity index (χ0) is 19.8. The van der Waals surface area contributed by atoms with Crippen LogP contribution >= 0.6 is 0 Å². The van der Waals surface area contributed by atoms with Gasteiger partial charge in [0.05, 0.1) is 12.0 Å². The van der Waals surface area contributed by atoms with Crippen LogP contribution in [0.25, 0.3) is 0 Å². The molecule has 6 nitrogen and oxygen atoms in total. The minimum Gasteiger partial charge on any atom is -0.497 e. The average molecular weight is 392 g/mol. The lowest BCUT2D eigenvalue weighted by atomic mass is 10.0. The lowest BCUT2D eigenvalue weighted by molar-refractivity contribution is -0.127. The third kappa shape index (κ3) is 3.42. The maximum Gasteiger partial charge on any atom is 0.244 e. The van der Waals surface area contributed by atoms with E-state index in [4.69, 9.17) is 4.74 Å². The Bertz CT molecular complexity index is 968. The van der Waals surface area contributed by atoms with Crippen LogP contribution in [0.3, 0.4) is 0 Å². The number of halogens is 1. The number of nitrogens with one attached hydrogen (secondary N) is 1. The number of aryl methyl sites for hydroxylation is 2. The van der Waals surface area contributed by atoms with Gasteiger partial charge in [0, 0.05) is 18.7 Å². The van der Waals surface area contributed by atoms with Crippen molar-refractivity contribution in [3.05, 3.63) is 58.9 Å². The van der Waals surface area contributed by atoms with Crippen molar-refractivity contribution in [2.75, 3.05) is 20.2 Å². The van der Waals surface area contributed by atoms with Crippen LogP contribution in [-0.4, -0.2) is 38.8 Å². The van der Waals surface area contributed by atoms with Crippen molar-refractivity contribution in [3.8, 4) is 5.75 Å². The lowest BCUT2D eigenvalue weighted by Crippen LogP contribution is -2.52. The van der Waals surface area contributed by atoms with Gasteiger partial charge in [-0.15, -0.1) is 0 Å². The van der Waals surface area contributed by atoms with Gasteiger partial charge in [-0.2, -0.15) is 4.31 Å². The average Bonchev–Trinajstić information content (AvgIpc) is 2.61. The summed E-state index contributed by atoms with van der Waals surface area (Å²) in [6.07, 6.45) is 0. The van der Waals surface area contributed by atoms with Crippen molar-refractivity contribution in [3.63, 3.8) is 0 Å². The number of rotatable bonds is 4. The topological polar surface area (TPSA) is 75.7 Å². The van der Waals surface area contributed by atoms with Crippen LogP contribution < -0.4 is 10.1 Å². The molecule has 2 aromatic rings. The molecule has 1 fully saturated rings. The van der Waals surface area contributed by atoms with Gasteiger partial charge in [0.25, 0.3) is 0 Å². The number of amides is 1. The summed E-state index contributed by atoms with van der Waals surface area (Å²) < 4.78 is 47.5. The van der Waals surface area contributed by atoms with Gasteiger partial charge in [0.15, 0.2) is 0 Å². The van der Waals surface area contributed by atoms with Gasteiger partial charge in [0.1, 0.15) is 17.6 Å². The van der Waals surface area contributed by atoms with Crippen LogP contribution in [0.1, 0.15) is 22.7 Å². The molecule has 0 aliphatic carbocycles. The molecule has 8 heteroatoms. The number of carbonyl (C=O) groups excluding carboxylic acids is 1. The largest absolute Gasteiger partial charge is 0.497 e. The SMILES string of the molecule is COc1cc(C)c(S(=O)(=O)N2CCNC(=O)C2c2ccccc2F)c(C)c1. The molecule has 1 aliphatic heterocycles. The Morgan fingerprint density at radius 1 is 1.19 bits per heavy atom. The summed E-state index contributed by atoms with van der Waals surface area (Å²) in [7, 11) is -2.54. The second-order valence-electron chi connectivity index (χ2n) is 6.42. The smallest absolute Gasteiger partial charge is 0.244 e. The standard InChI is InChI=1S/C19H21FN2O4S/c1-12-10-14(26-3)11-13(2)18(12)27(24,25)22-9-8-21-19(23)17(22)15-6-4-5-7-16(15)20/h4-7,10-11,17H,8-9H2,1-3H3,(H,21,23). The summed E-state index contributed by atoms with van der Waals surface area (Å²) >= 11 is 0. The van der Waals surface area contributed by atoms with Crippen LogP contribution in [0.2, 0.25) is 0 Å². The molecule has 1 heterocycles. The van der Waals surface area contributed by atoms with Crippen LogP contribution in [0.15, 0.2) is 41.3 Å². The van der Waals surface area contributed by atoms with Crippen LogP contribution in [0, 0.1) is 19.7 Å². The highest BCUT2D eigenvalue weighted by Gasteiger charge is 2.41. The highest BCUT2D eigenvalue weighted by molar-refractivity contribution is 7.89. The molecule has 3 rings (SSSR count). The Balaban J connectivity index is 2.15. The molecule has 0 bridgehead atoms. The first-order valence-electron chi connectivity index (χ1n) is 8.46. The Hall–Kier alpha value is -2.45. The summed E-state index contributed by atoms with van der Waals surface area (Å²) in [5.41, 5.74) is 1.04. The quantitative estimate of drug-likeness (QED) is 0.866. The maximum atomic E-state index is 14.4. The van der Waals surface area contributed by atoms with Crippen molar-refractivity contribution in [1.29, 1.82) is 0 Å². The summed E-state index contributed by atoms with van der Waals surface area (Å²) in [6, 6.07) is 7.72. The van der Waals surface area contributed by atoms with Gasteiger partial charge in [-0.1, -0.05) is 18.2 Å². The number of methoxy groups -OCH3 is 1. The number of carbonyl (C=O) groups is 1. The zero-order valence-corrected chi connectivity index (χ0v) is 16.1. The number of sulfonamides is 1. The van der Waals surface area contributed by atoms with Crippen LogP contribution in [0.5, 0.6) is 5.75 Å². The van der Waals surface area contributed by atoms with Gasteiger partial charge in [-0.3, -0.25) is 4.79 Å². The molecular formula is C19H21FN2O4S. The minimum atomic E-state index is -4.05. The van der Waals surface area contributed by atoms with Gasteiger partial charge >= 0.3 is 0 Å². The first-order valence-corrected chi connectivity index (χ1v) is 9.90. The monoisotopic (exact) mass is 392 g/mol. The molecule has 1 aliphatic rings. The number of nitrogens with zero attached hydrogens (tertiary/aromatic N) is 1. The molecule has 27 heavy (non-hydrogen) atoms.